The second kappa shape index (κ2) is 10.3. The van der Waals surface area contributed by atoms with Crippen molar-refractivity contribution in [2.75, 3.05) is 6.61 Å². The molecule has 0 saturated heterocycles. The van der Waals surface area contributed by atoms with Crippen LogP contribution in [-0.4, -0.2) is 24.6 Å². The van der Waals surface area contributed by atoms with Crippen molar-refractivity contribution in [3.8, 4) is 11.5 Å². The lowest BCUT2D eigenvalue weighted by Crippen LogP contribution is -2.14. The van der Waals surface area contributed by atoms with Crippen molar-refractivity contribution in [1.82, 2.24) is 0 Å². The monoisotopic (exact) mass is 404 g/mol. The number of carbonyl (C=O) groups is 2. The maximum Gasteiger partial charge on any atom is 0.347 e. The van der Waals surface area contributed by atoms with Crippen LogP contribution >= 0.6 is 0 Å². The van der Waals surface area contributed by atoms with Crippen LogP contribution in [-0.2, 0) is 11.2 Å². The molecule has 5 nitrogen and oxygen atoms in total. The molecule has 0 heterocycles. The third-order valence-corrected chi connectivity index (χ3v) is 4.22. The summed E-state index contributed by atoms with van der Waals surface area (Å²) in [6.07, 6.45) is 0.557. The van der Waals surface area contributed by atoms with E-state index in [1.165, 1.54) is 6.07 Å². The highest BCUT2D eigenvalue weighted by atomic mass is 16.5. The second-order valence-corrected chi connectivity index (χ2v) is 6.95. The van der Waals surface area contributed by atoms with E-state index in [1.54, 1.807) is 42.5 Å². The first-order valence-corrected chi connectivity index (χ1v) is 9.82. The Bertz CT molecular complexity index is 995. The molecule has 3 aromatic carbocycles. The van der Waals surface area contributed by atoms with Crippen molar-refractivity contribution in [2.24, 2.45) is 0 Å². The van der Waals surface area contributed by atoms with Gasteiger partial charge < -0.3 is 14.2 Å². The van der Waals surface area contributed by atoms with Gasteiger partial charge in [-0.3, -0.25) is 0 Å². The van der Waals surface area contributed by atoms with Gasteiger partial charge in [-0.05, 0) is 49.7 Å². The zero-order valence-corrected chi connectivity index (χ0v) is 17.0. The van der Waals surface area contributed by atoms with Gasteiger partial charge in [0.15, 0.2) is 0 Å². The average molecular weight is 404 g/mol. The lowest BCUT2D eigenvalue weighted by atomic mass is 10.2. The predicted octanol–water partition coefficient (Wildman–Crippen LogP) is 5.09. The van der Waals surface area contributed by atoms with Gasteiger partial charge in [0, 0.05) is 6.42 Å². The molecule has 0 bridgehead atoms. The van der Waals surface area contributed by atoms with E-state index in [9.17, 15) is 9.59 Å². The summed E-state index contributed by atoms with van der Waals surface area (Å²) in [7, 11) is 0. The normalized spacial score (nSPS) is 10.5. The molecule has 3 rings (SSSR count). The maximum atomic E-state index is 12.6. The molecule has 30 heavy (non-hydrogen) atoms. The van der Waals surface area contributed by atoms with Crippen molar-refractivity contribution >= 4 is 11.9 Å². The van der Waals surface area contributed by atoms with Crippen LogP contribution in [0.15, 0.2) is 78.9 Å². The highest BCUT2D eigenvalue weighted by Crippen LogP contribution is 2.22. The van der Waals surface area contributed by atoms with Crippen LogP contribution in [0.3, 0.4) is 0 Å². The zero-order chi connectivity index (χ0) is 21.3. The fourth-order valence-electron chi connectivity index (χ4n) is 2.83. The van der Waals surface area contributed by atoms with Gasteiger partial charge in [-0.15, -0.1) is 0 Å². The van der Waals surface area contributed by atoms with Gasteiger partial charge in [-0.2, -0.15) is 0 Å². The molecule has 0 aromatic heterocycles. The fourth-order valence-corrected chi connectivity index (χ4v) is 2.83. The Morgan fingerprint density at radius 3 is 2.33 bits per heavy atom. The van der Waals surface area contributed by atoms with Crippen molar-refractivity contribution in [2.45, 2.75) is 26.4 Å². The Kier molecular flexibility index (Phi) is 7.22. The molecule has 0 aliphatic carbocycles. The van der Waals surface area contributed by atoms with Gasteiger partial charge in [-0.1, -0.05) is 48.5 Å². The zero-order valence-electron chi connectivity index (χ0n) is 17.0. The van der Waals surface area contributed by atoms with Crippen LogP contribution in [0.1, 0.15) is 40.1 Å². The molecule has 154 valence electrons. The first-order chi connectivity index (χ1) is 14.5. The number of esters is 2. The smallest absolute Gasteiger partial charge is 0.347 e. The standard InChI is InChI=1S/C25H24O5/c1-18(2)29-23-14-7-6-13-22(23)25(27)30-21-12-8-11-20(17-21)24(26)28-16-15-19-9-4-3-5-10-19/h3-14,17-18H,15-16H2,1-2H3. The number of ether oxygens (including phenoxy) is 3. The number of carbonyl (C=O) groups excluding carboxylic acids is 2. The molecule has 0 N–H and O–H groups in total. The van der Waals surface area contributed by atoms with Gasteiger partial charge in [0.2, 0.25) is 0 Å². The number of benzene rings is 3. The second-order valence-electron chi connectivity index (χ2n) is 6.95. The Balaban J connectivity index is 1.62. The van der Waals surface area contributed by atoms with Gasteiger partial charge >= 0.3 is 11.9 Å². The summed E-state index contributed by atoms with van der Waals surface area (Å²) in [4.78, 5) is 24.9. The summed E-state index contributed by atoms with van der Waals surface area (Å²) in [5.74, 6) is -0.306. The Morgan fingerprint density at radius 2 is 1.57 bits per heavy atom. The van der Waals surface area contributed by atoms with E-state index >= 15 is 0 Å². The molecule has 0 atom stereocenters. The first-order valence-electron chi connectivity index (χ1n) is 9.82. The van der Waals surface area contributed by atoms with Gasteiger partial charge in [0.25, 0.3) is 0 Å². The van der Waals surface area contributed by atoms with Crippen LogP contribution in [0.5, 0.6) is 11.5 Å². The van der Waals surface area contributed by atoms with Crippen LogP contribution in [0.2, 0.25) is 0 Å². The lowest BCUT2D eigenvalue weighted by Gasteiger charge is -2.13. The highest BCUT2D eigenvalue weighted by molar-refractivity contribution is 5.94. The van der Waals surface area contributed by atoms with Crippen LogP contribution in [0, 0.1) is 0 Å². The van der Waals surface area contributed by atoms with Crippen molar-refractivity contribution < 1.29 is 23.8 Å². The molecule has 0 aliphatic rings. The van der Waals surface area contributed by atoms with Gasteiger partial charge in [0.1, 0.15) is 17.1 Å². The number of hydrogen-bond donors (Lipinski definition) is 0. The van der Waals surface area contributed by atoms with Crippen molar-refractivity contribution in [3.63, 3.8) is 0 Å². The molecule has 0 amide bonds. The lowest BCUT2D eigenvalue weighted by molar-refractivity contribution is 0.0507. The molecule has 5 heteroatoms. The first kappa shape index (κ1) is 21.1. The minimum Gasteiger partial charge on any atom is -0.490 e. The quantitative estimate of drug-likeness (QED) is 0.386. The minimum atomic E-state index is -0.555. The average Bonchev–Trinajstić information content (AvgIpc) is 2.74. The van der Waals surface area contributed by atoms with E-state index in [0.717, 1.165) is 5.56 Å². The summed E-state index contributed by atoms with van der Waals surface area (Å²) >= 11 is 0. The SMILES string of the molecule is CC(C)Oc1ccccc1C(=O)Oc1cccc(C(=O)OCCc2ccccc2)c1. The van der Waals surface area contributed by atoms with E-state index in [4.69, 9.17) is 14.2 Å². The van der Waals surface area contributed by atoms with E-state index < -0.39 is 11.9 Å². The summed E-state index contributed by atoms with van der Waals surface area (Å²) in [6, 6.07) is 23.1. The maximum absolute atomic E-state index is 12.6. The number of hydrogen-bond acceptors (Lipinski definition) is 5. The topological polar surface area (TPSA) is 61.8 Å². The third kappa shape index (κ3) is 5.95. The predicted molar refractivity (Wildman–Crippen MR) is 114 cm³/mol. The summed E-state index contributed by atoms with van der Waals surface area (Å²) in [5.41, 5.74) is 1.73. The number of para-hydroxylation sites is 1. The molecular weight excluding hydrogens is 380 g/mol. The summed E-state index contributed by atoms with van der Waals surface area (Å²) in [5, 5.41) is 0. The van der Waals surface area contributed by atoms with E-state index in [1.807, 2.05) is 44.2 Å². The minimum absolute atomic E-state index is 0.0760. The van der Waals surface area contributed by atoms with E-state index in [2.05, 4.69) is 0 Å². The Labute approximate surface area is 176 Å². The van der Waals surface area contributed by atoms with E-state index in [0.29, 0.717) is 23.3 Å². The molecule has 0 spiro atoms. The van der Waals surface area contributed by atoms with Crippen LogP contribution in [0.4, 0.5) is 0 Å². The molecular formula is C25H24O5. The van der Waals surface area contributed by atoms with E-state index in [-0.39, 0.29) is 18.5 Å². The number of rotatable bonds is 8. The van der Waals surface area contributed by atoms with Gasteiger partial charge in [0.05, 0.1) is 18.3 Å². The Hall–Kier alpha value is -3.60. The fraction of sp³-hybridized carbons (Fsp3) is 0.200. The largest absolute Gasteiger partial charge is 0.490 e. The molecule has 0 fully saturated rings. The third-order valence-electron chi connectivity index (χ3n) is 4.22. The van der Waals surface area contributed by atoms with Gasteiger partial charge in [-0.25, -0.2) is 9.59 Å². The van der Waals surface area contributed by atoms with Crippen LogP contribution in [0.25, 0.3) is 0 Å². The molecule has 0 unspecified atom stereocenters. The summed E-state index contributed by atoms with van der Waals surface area (Å²) in [6.45, 7) is 4.04. The molecule has 0 aliphatic heterocycles. The van der Waals surface area contributed by atoms with Crippen molar-refractivity contribution in [1.29, 1.82) is 0 Å². The highest BCUT2D eigenvalue weighted by Gasteiger charge is 2.16. The molecule has 3 aromatic rings. The molecule has 0 radical (unpaired) electrons. The van der Waals surface area contributed by atoms with Crippen LogP contribution < -0.4 is 9.47 Å². The van der Waals surface area contributed by atoms with Crippen molar-refractivity contribution in [3.05, 3.63) is 95.6 Å². The molecule has 0 saturated carbocycles. The summed E-state index contributed by atoms with van der Waals surface area (Å²) < 4.78 is 16.5. The Morgan fingerprint density at radius 1 is 0.833 bits per heavy atom.